The van der Waals surface area contributed by atoms with Gasteiger partial charge in [0.1, 0.15) is 0 Å². The zero-order chi connectivity index (χ0) is 10.8. The van der Waals surface area contributed by atoms with Crippen molar-refractivity contribution in [3.8, 4) is 0 Å². The van der Waals surface area contributed by atoms with Crippen LogP contribution in [0.5, 0.6) is 0 Å². The molecule has 0 spiro atoms. The zero-order valence-electron chi connectivity index (χ0n) is 9.24. The van der Waals surface area contributed by atoms with E-state index >= 15 is 0 Å². The monoisotopic (exact) mass is 202 g/mol. The predicted molar refractivity (Wildman–Crippen MR) is 64.4 cm³/mol. The van der Waals surface area contributed by atoms with Crippen LogP contribution in [0.25, 0.3) is 5.70 Å². The minimum Gasteiger partial charge on any atom is -0.370 e. The number of nitrogens with zero attached hydrogens (tertiary/aromatic N) is 1. The molecule has 2 rings (SSSR count). The van der Waals surface area contributed by atoms with Gasteiger partial charge in [-0.2, -0.15) is 0 Å². The summed E-state index contributed by atoms with van der Waals surface area (Å²) >= 11 is 0. The molecule has 0 aliphatic carbocycles. The van der Waals surface area contributed by atoms with Crippen molar-refractivity contribution in [2.45, 2.75) is 19.4 Å². The Balaban J connectivity index is 2.11. The van der Waals surface area contributed by atoms with Crippen molar-refractivity contribution >= 4 is 5.70 Å². The maximum atomic E-state index is 5.88. The highest BCUT2D eigenvalue weighted by Crippen LogP contribution is 2.21. The number of benzene rings is 1. The van der Waals surface area contributed by atoms with E-state index in [-0.39, 0.29) is 0 Å². The van der Waals surface area contributed by atoms with Crippen LogP contribution in [0, 0.1) is 6.92 Å². The number of likely N-dealkylation sites (tertiary alicyclic amines) is 1. The lowest BCUT2D eigenvalue weighted by atomic mass is 10.1. The van der Waals surface area contributed by atoms with E-state index in [0.29, 0.717) is 6.04 Å². The molecule has 1 aromatic rings. The van der Waals surface area contributed by atoms with Crippen molar-refractivity contribution in [1.29, 1.82) is 0 Å². The molecule has 1 saturated heterocycles. The Kier molecular flexibility index (Phi) is 2.78. The highest BCUT2D eigenvalue weighted by atomic mass is 15.2. The first-order chi connectivity index (χ1) is 7.16. The topological polar surface area (TPSA) is 29.3 Å². The van der Waals surface area contributed by atoms with Gasteiger partial charge in [-0.05, 0) is 18.9 Å². The Hall–Kier alpha value is -1.28. The smallest absolute Gasteiger partial charge is 0.0367 e. The molecule has 0 radical (unpaired) electrons. The maximum absolute atomic E-state index is 5.88. The molecule has 1 aromatic carbocycles. The van der Waals surface area contributed by atoms with Gasteiger partial charge in [-0.3, -0.25) is 0 Å². The van der Waals surface area contributed by atoms with E-state index in [1.54, 1.807) is 0 Å². The largest absolute Gasteiger partial charge is 0.370 e. The van der Waals surface area contributed by atoms with Gasteiger partial charge in [0.2, 0.25) is 0 Å². The molecule has 1 aliphatic heterocycles. The van der Waals surface area contributed by atoms with Crippen LogP contribution >= 0.6 is 0 Å². The first kappa shape index (κ1) is 10.2. The molecule has 2 heteroatoms. The number of hydrogen-bond acceptors (Lipinski definition) is 2. The van der Waals surface area contributed by atoms with Crippen LogP contribution < -0.4 is 5.73 Å². The van der Waals surface area contributed by atoms with Crippen LogP contribution in [0.3, 0.4) is 0 Å². The lowest BCUT2D eigenvalue weighted by Gasteiger charge is -2.21. The average Bonchev–Trinajstić information content (AvgIpc) is 2.65. The Bertz CT molecular complexity index is 353. The number of rotatable bonds is 2. The molecule has 2 nitrogen and oxygen atoms in total. The van der Waals surface area contributed by atoms with E-state index in [0.717, 1.165) is 25.2 Å². The summed E-state index contributed by atoms with van der Waals surface area (Å²) in [4.78, 5) is 2.27. The van der Waals surface area contributed by atoms with E-state index < -0.39 is 0 Å². The summed E-state index contributed by atoms with van der Waals surface area (Å²) in [5, 5.41) is 0. The summed E-state index contributed by atoms with van der Waals surface area (Å²) in [5.41, 5.74) is 9.47. The number of nitrogens with two attached hydrogens (primary N) is 1. The lowest BCUT2D eigenvalue weighted by molar-refractivity contribution is 0.485. The first-order valence-corrected chi connectivity index (χ1v) is 5.43. The third-order valence-corrected chi connectivity index (χ3v) is 2.99. The van der Waals surface area contributed by atoms with Crippen molar-refractivity contribution in [2.75, 3.05) is 13.1 Å². The number of aryl methyl sites for hydroxylation is 1. The van der Waals surface area contributed by atoms with Gasteiger partial charge >= 0.3 is 0 Å². The van der Waals surface area contributed by atoms with Gasteiger partial charge in [-0.1, -0.05) is 36.4 Å². The zero-order valence-corrected chi connectivity index (χ0v) is 9.24. The third kappa shape index (κ3) is 2.21. The molecule has 1 fully saturated rings. The summed E-state index contributed by atoms with van der Waals surface area (Å²) in [6.07, 6.45) is 1.07. The summed E-state index contributed by atoms with van der Waals surface area (Å²) in [7, 11) is 0. The Morgan fingerprint density at radius 2 is 2.07 bits per heavy atom. The van der Waals surface area contributed by atoms with Crippen LogP contribution in [0.15, 0.2) is 30.8 Å². The Morgan fingerprint density at radius 1 is 1.40 bits per heavy atom. The highest BCUT2D eigenvalue weighted by molar-refractivity contribution is 5.62. The molecule has 1 heterocycles. The van der Waals surface area contributed by atoms with Crippen molar-refractivity contribution in [2.24, 2.45) is 5.73 Å². The molecule has 2 N–H and O–H groups in total. The van der Waals surface area contributed by atoms with Crippen molar-refractivity contribution in [3.05, 3.63) is 42.0 Å². The van der Waals surface area contributed by atoms with Gasteiger partial charge in [0.25, 0.3) is 0 Å². The van der Waals surface area contributed by atoms with Crippen LogP contribution in [-0.4, -0.2) is 24.0 Å². The fourth-order valence-corrected chi connectivity index (χ4v) is 1.96. The third-order valence-electron chi connectivity index (χ3n) is 2.99. The molecule has 0 amide bonds. The summed E-state index contributed by atoms with van der Waals surface area (Å²) < 4.78 is 0. The van der Waals surface area contributed by atoms with Crippen molar-refractivity contribution in [1.82, 2.24) is 4.90 Å². The van der Waals surface area contributed by atoms with Crippen LogP contribution in [0.4, 0.5) is 0 Å². The van der Waals surface area contributed by atoms with Crippen LogP contribution in [0.2, 0.25) is 0 Å². The van der Waals surface area contributed by atoms with Crippen molar-refractivity contribution in [3.63, 3.8) is 0 Å². The maximum Gasteiger partial charge on any atom is 0.0367 e. The van der Waals surface area contributed by atoms with Gasteiger partial charge in [0.15, 0.2) is 0 Å². The lowest BCUT2D eigenvalue weighted by Crippen LogP contribution is -2.25. The fraction of sp³-hybridized carbons (Fsp3) is 0.385. The van der Waals surface area contributed by atoms with E-state index in [9.17, 15) is 0 Å². The van der Waals surface area contributed by atoms with E-state index in [1.165, 1.54) is 11.1 Å². The van der Waals surface area contributed by atoms with Gasteiger partial charge in [0.05, 0.1) is 0 Å². The number of hydrogen-bond donors (Lipinski definition) is 1. The molecule has 1 atom stereocenters. The molecule has 0 aromatic heterocycles. The van der Waals surface area contributed by atoms with Crippen LogP contribution in [-0.2, 0) is 0 Å². The SMILES string of the molecule is C=C(c1ccc(C)cc1)N1CCC(N)C1. The summed E-state index contributed by atoms with van der Waals surface area (Å²) in [5.74, 6) is 0. The molecule has 80 valence electrons. The minimum atomic E-state index is 0.312. The quantitative estimate of drug-likeness (QED) is 0.794. The molecular formula is C13H18N2. The molecular weight excluding hydrogens is 184 g/mol. The predicted octanol–water partition coefficient (Wildman–Crippen LogP) is 2.00. The Labute approximate surface area is 91.4 Å². The highest BCUT2D eigenvalue weighted by Gasteiger charge is 2.20. The Morgan fingerprint density at radius 3 is 2.60 bits per heavy atom. The molecule has 0 saturated carbocycles. The first-order valence-electron chi connectivity index (χ1n) is 5.43. The second kappa shape index (κ2) is 4.07. The molecule has 1 aliphatic rings. The fourth-order valence-electron chi connectivity index (χ4n) is 1.96. The van der Waals surface area contributed by atoms with E-state index in [4.69, 9.17) is 5.73 Å². The normalized spacial score (nSPS) is 20.7. The van der Waals surface area contributed by atoms with E-state index in [1.807, 2.05) is 0 Å². The van der Waals surface area contributed by atoms with Gasteiger partial charge in [-0.15, -0.1) is 0 Å². The van der Waals surface area contributed by atoms with E-state index in [2.05, 4.69) is 42.7 Å². The minimum absolute atomic E-state index is 0.312. The van der Waals surface area contributed by atoms with Gasteiger partial charge in [-0.25, -0.2) is 0 Å². The molecule has 1 unspecified atom stereocenters. The summed E-state index contributed by atoms with van der Waals surface area (Å²) in [6, 6.07) is 8.81. The van der Waals surface area contributed by atoms with Crippen molar-refractivity contribution < 1.29 is 0 Å². The second-order valence-corrected chi connectivity index (χ2v) is 4.31. The second-order valence-electron chi connectivity index (χ2n) is 4.31. The standard InChI is InChI=1S/C13H18N2/c1-10-3-5-12(6-4-10)11(2)15-8-7-13(14)9-15/h3-6,13H,2,7-9,14H2,1H3. The average molecular weight is 202 g/mol. The van der Waals surface area contributed by atoms with Gasteiger partial charge < -0.3 is 10.6 Å². The van der Waals surface area contributed by atoms with Crippen LogP contribution in [0.1, 0.15) is 17.5 Å². The molecule has 15 heavy (non-hydrogen) atoms. The summed E-state index contributed by atoms with van der Waals surface area (Å²) in [6.45, 7) is 8.21. The van der Waals surface area contributed by atoms with Gasteiger partial charge in [0, 0.05) is 24.8 Å². The molecule has 0 bridgehead atoms.